The van der Waals surface area contributed by atoms with Crippen LogP contribution in [-0.2, 0) is 4.79 Å². The molecule has 4 heteroatoms. The zero-order valence-electron chi connectivity index (χ0n) is 11.0. The van der Waals surface area contributed by atoms with Crippen LogP contribution in [0.15, 0.2) is 0 Å². The molecule has 1 saturated carbocycles. The second-order valence-corrected chi connectivity index (χ2v) is 4.95. The quantitative estimate of drug-likeness (QED) is 0.689. The Bertz CT molecular complexity index is 226. The highest BCUT2D eigenvalue weighted by Gasteiger charge is 2.24. The van der Waals surface area contributed by atoms with Crippen LogP contribution in [0.3, 0.4) is 0 Å². The van der Waals surface area contributed by atoms with Gasteiger partial charge in [0.1, 0.15) is 0 Å². The van der Waals surface area contributed by atoms with Gasteiger partial charge in [0.2, 0.25) is 5.91 Å². The van der Waals surface area contributed by atoms with E-state index in [9.17, 15) is 4.79 Å². The molecule has 0 spiro atoms. The van der Waals surface area contributed by atoms with Crippen molar-refractivity contribution in [1.29, 1.82) is 0 Å². The van der Waals surface area contributed by atoms with E-state index in [0.29, 0.717) is 12.6 Å². The number of carbonyl (C=O) groups excluding carboxylic acids is 1. The molecule has 4 nitrogen and oxygen atoms in total. The van der Waals surface area contributed by atoms with Gasteiger partial charge in [0, 0.05) is 25.2 Å². The highest BCUT2D eigenvalue weighted by atomic mass is 16.2. The summed E-state index contributed by atoms with van der Waals surface area (Å²) in [6.07, 6.45) is 2.46. The first-order chi connectivity index (χ1) is 7.54. The third kappa shape index (κ3) is 4.49. The van der Waals surface area contributed by atoms with Gasteiger partial charge in [-0.2, -0.15) is 0 Å². The Kier molecular flexibility index (Phi) is 5.22. The van der Waals surface area contributed by atoms with E-state index in [2.05, 4.69) is 17.1 Å². The van der Waals surface area contributed by atoms with Crippen molar-refractivity contribution < 1.29 is 4.79 Å². The molecular formula is C12H25N3O. The number of likely N-dealkylation sites (N-methyl/N-ethyl adjacent to an activating group) is 2. The minimum atomic E-state index is 0.226. The molecule has 0 radical (unpaired) electrons. The van der Waals surface area contributed by atoms with Crippen molar-refractivity contribution in [1.82, 2.24) is 15.1 Å². The number of nitrogens with one attached hydrogen (secondary N) is 1. The molecule has 1 atom stereocenters. The monoisotopic (exact) mass is 227 g/mol. The molecule has 16 heavy (non-hydrogen) atoms. The van der Waals surface area contributed by atoms with Gasteiger partial charge in [0.05, 0.1) is 6.54 Å². The number of amides is 1. The molecule has 1 N–H and O–H groups in total. The molecule has 0 aromatic carbocycles. The van der Waals surface area contributed by atoms with Gasteiger partial charge < -0.3 is 15.1 Å². The number of nitrogens with zero attached hydrogens (tertiary/aromatic N) is 2. The fourth-order valence-electron chi connectivity index (χ4n) is 1.98. The van der Waals surface area contributed by atoms with Crippen LogP contribution in [0.4, 0.5) is 0 Å². The van der Waals surface area contributed by atoms with Gasteiger partial charge in [0.25, 0.3) is 0 Å². The SMILES string of the molecule is CCN(C(=O)CNC1CC1)C(C)CN(C)C. The van der Waals surface area contributed by atoms with E-state index in [1.807, 2.05) is 25.9 Å². The molecule has 0 saturated heterocycles. The van der Waals surface area contributed by atoms with Gasteiger partial charge in [-0.3, -0.25) is 4.79 Å². The Hall–Kier alpha value is -0.610. The first kappa shape index (κ1) is 13.5. The summed E-state index contributed by atoms with van der Waals surface area (Å²) in [6.45, 7) is 6.36. The van der Waals surface area contributed by atoms with Crippen LogP contribution in [0.5, 0.6) is 0 Å². The summed E-state index contributed by atoms with van der Waals surface area (Å²) in [4.78, 5) is 16.0. The van der Waals surface area contributed by atoms with Crippen LogP contribution >= 0.6 is 0 Å². The third-order valence-electron chi connectivity index (χ3n) is 2.94. The molecule has 1 aliphatic carbocycles. The van der Waals surface area contributed by atoms with Gasteiger partial charge in [-0.25, -0.2) is 0 Å². The van der Waals surface area contributed by atoms with E-state index >= 15 is 0 Å². The Morgan fingerprint density at radius 2 is 2.06 bits per heavy atom. The highest BCUT2D eigenvalue weighted by molar-refractivity contribution is 5.78. The maximum atomic E-state index is 12.0. The lowest BCUT2D eigenvalue weighted by molar-refractivity contribution is -0.132. The molecule has 1 unspecified atom stereocenters. The van der Waals surface area contributed by atoms with Crippen LogP contribution in [-0.4, -0.2) is 61.5 Å². The smallest absolute Gasteiger partial charge is 0.236 e. The largest absolute Gasteiger partial charge is 0.338 e. The molecule has 1 amide bonds. The van der Waals surface area contributed by atoms with Gasteiger partial charge in [-0.15, -0.1) is 0 Å². The number of hydrogen-bond acceptors (Lipinski definition) is 3. The van der Waals surface area contributed by atoms with Gasteiger partial charge in [-0.1, -0.05) is 0 Å². The normalized spacial score (nSPS) is 17.6. The molecule has 0 aliphatic heterocycles. The van der Waals surface area contributed by atoms with E-state index < -0.39 is 0 Å². The van der Waals surface area contributed by atoms with Crippen molar-refractivity contribution in [2.45, 2.75) is 38.8 Å². The fourth-order valence-corrected chi connectivity index (χ4v) is 1.98. The summed E-state index contributed by atoms with van der Waals surface area (Å²) in [5.41, 5.74) is 0. The number of hydrogen-bond donors (Lipinski definition) is 1. The molecule has 94 valence electrons. The maximum absolute atomic E-state index is 12.0. The zero-order valence-corrected chi connectivity index (χ0v) is 11.0. The standard InChI is InChI=1S/C12H25N3O/c1-5-15(10(2)9-14(3)4)12(16)8-13-11-6-7-11/h10-11,13H,5-9H2,1-4H3. The van der Waals surface area contributed by atoms with E-state index in [4.69, 9.17) is 0 Å². The Morgan fingerprint density at radius 3 is 2.50 bits per heavy atom. The average Bonchev–Trinajstić information content (AvgIpc) is 2.97. The van der Waals surface area contributed by atoms with Crippen molar-refractivity contribution in [2.75, 3.05) is 33.7 Å². The Labute approximate surface area is 99.0 Å². The van der Waals surface area contributed by atoms with Crippen LogP contribution in [0.2, 0.25) is 0 Å². The molecule has 1 fully saturated rings. The first-order valence-corrected chi connectivity index (χ1v) is 6.22. The van der Waals surface area contributed by atoms with Crippen molar-refractivity contribution in [3.8, 4) is 0 Å². The minimum Gasteiger partial charge on any atom is -0.338 e. The summed E-state index contributed by atoms with van der Waals surface area (Å²) in [5.74, 6) is 0.226. The summed E-state index contributed by atoms with van der Waals surface area (Å²) in [5, 5.41) is 3.27. The van der Waals surface area contributed by atoms with E-state index in [1.54, 1.807) is 0 Å². The number of rotatable bonds is 7. The maximum Gasteiger partial charge on any atom is 0.236 e. The first-order valence-electron chi connectivity index (χ1n) is 6.22. The van der Waals surface area contributed by atoms with Gasteiger partial charge >= 0.3 is 0 Å². The molecule has 0 heterocycles. The van der Waals surface area contributed by atoms with Crippen molar-refractivity contribution in [3.05, 3.63) is 0 Å². The van der Waals surface area contributed by atoms with Crippen LogP contribution < -0.4 is 5.32 Å². The molecule has 0 aromatic rings. The molecule has 0 bridgehead atoms. The lowest BCUT2D eigenvalue weighted by Crippen LogP contribution is -2.47. The van der Waals surface area contributed by atoms with E-state index in [1.165, 1.54) is 12.8 Å². The minimum absolute atomic E-state index is 0.226. The van der Waals surface area contributed by atoms with Crippen molar-refractivity contribution in [2.24, 2.45) is 0 Å². The summed E-state index contributed by atoms with van der Waals surface area (Å²) in [6, 6.07) is 0.889. The Balaban J connectivity index is 2.34. The molecule has 1 rings (SSSR count). The van der Waals surface area contributed by atoms with Crippen molar-refractivity contribution >= 4 is 5.91 Å². The van der Waals surface area contributed by atoms with E-state index in [-0.39, 0.29) is 11.9 Å². The third-order valence-corrected chi connectivity index (χ3v) is 2.94. The fraction of sp³-hybridized carbons (Fsp3) is 0.917. The molecule has 0 aromatic heterocycles. The predicted octanol–water partition coefficient (Wildman–Crippen LogP) is 0.537. The summed E-state index contributed by atoms with van der Waals surface area (Å²) in [7, 11) is 4.08. The topological polar surface area (TPSA) is 35.6 Å². The van der Waals surface area contributed by atoms with Crippen LogP contribution in [0.25, 0.3) is 0 Å². The van der Waals surface area contributed by atoms with E-state index in [0.717, 1.165) is 13.1 Å². The van der Waals surface area contributed by atoms with Crippen molar-refractivity contribution in [3.63, 3.8) is 0 Å². The second kappa shape index (κ2) is 6.21. The average molecular weight is 227 g/mol. The van der Waals surface area contributed by atoms with Gasteiger partial charge in [-0.05, 0) is 40.8 Å². The summed E-state index contributed by atoms with van der Waals surface area (Å²) >= 11 is 0. The van der Waals surface area contributed by atoms with Gasteiger partial charge in [0.15, 0.2) is 0 Å². The summed E-state index contributed by atoms with van der Waals surface area (Å²) < 4.78 is 0. The number of carbonyl (C=O) groups is 1. The highest BCUT2D eigenvalue weighted by Crippen LogP contribution is 2.18. The lowest BCUT2D eigenvalue weighted by atomic mass is 10.2. The second-order valence-electron chi connectivity index (χ2n) is 4.95. The lowest BCUT2D eigenvalue weighted by Gasteiger charge is -2.30. The Morgan fingerprint density at radius 1 is 1.44 bits per heavy atom. The van der Waals surface area contributed by atoms with Crippen LogP contribution in [0.1, 0.15) is 26.7 Å². The molecular weight excluding hydrogens is 202 g/mol. The van der Waals surface area contributed by atoms with Crippen LogP contribution in [0, 0.1) is 0 Å². The zero-order chi connectivity index (χ0) is 12.1. The molecule has 1 aliphatic rings. The predicted molar refractivity (Wildman–Crippen MR) is 66.4 cm³/mol.